The molecule has 4 heteroatoms. The van der Waals surface area contributed by atoms with Crippen molar-refractivity contribution in [1.29, 1.82) is 0 Å². The standard InChI is InChI=1S/C13H17BrClNO/c1-9(2)7-11(14)8-16-13(17)10-3-5-12(15)6-4-10/h3-6,9,11H,7-8H2,1-2H3,(H,16,17). The lowest BCUT2D eigenvalue weighted by Crippen LogP contribution is -2.30. The van der Waals surface area contributed by atoms with Crippen LogP contribution in [-0.4, -0.2) is 17.3 Å². The second kappa shape index (κ2) is 7.02. The van der Waals surface area contributed by atoms with Crippen LogP contribution in [-0.2, 0) is 0 Å². The van der Waals surface area contributed by atoms with Crippen molar-refractivity contribution < 1.29 is 4.79 Å². The molecule has 0 aliphatic rings. The zero-order valence-electron chi connectivity index (χ0n) is 10.0. The predicted octanol–water partition coefficient (Wildman–Crippen LogP) is 3.88. The van der Waals surface area contributed by atoms with Crippen LogP contribution in [0, 0.1) is 5.92 Å². The first-order chi connectivity index (χ1) is 7.99. The highest BCUT2D eigenvalue weighted by Crippen LogP contribution is 2.12. The summed E-state index contributed by atoms with van der Waals surface area (Å²) in [6.07, 6.45) is 1.04. The van der Waals surface area contributed by atoms with Crippen LogP contribution in [0.15, 0.2) is 24.3 Å². The first-order valence-corrected chi connectivity index (χ1v) is 6.96. The molecular weight excluding hydrogens is 302 g/mol. The number of hydrogen-bond donors (Lipinski definition) is 1. The smallest absolute Gasteiger partial charge is 0.251 e. The first-order valence-electron chi connectivity index (χ1n) is 5.67. The van der Waals surface area contributed by atoms with E-state index in [-0.39, 0.29) is 5.91 Å². The van der Waals surface area contributed by atoms with Gasteiger partial charge in [0.15, 0.2) is 0 Å². The zero-order chi connectivity index (χ0) is 12.8. The second-order valence-corrected chi connectivity index (χ2v) is 6.18. The molecule has 1 unspecified atom stereocenters. The van der Waals surface area contributed by atoms with E-state index in [4.69, 9.17) is 11.6 Å². The summed E-state index contributed by atoms with van der Waals surface area (Å²) in [7, 11) is 0. The van der Waals surface area contributed by atoms with Gasteiger partial charge in [-0.05, 0) is 36.6 Å². The number of carbonyl (C=O) groups is 1. The molecule has 0 aliphatic heterocycles. The number of nitrogens with one attached hydrogen (secondary N) is 1. The van der Waals surface area contributed by atoms with Crippen LogP contribution in [0.1, 0.15) is 30.6 Å². The second-order valence-electron chi connectivity index (χ2n) is 4.44. The molecule has 0 aliphatic carbocycles. The van der Waals surface area contributed by atoms with Gasteiger partial charge in [0.2, 0.25) is 0 Å². The van der Waals surface area contributed by atoms with Crippen LogP contribution in [0.2, 0.25) is 5.02 Å². The fourth-order valence-electron chi connectivity index (χ4n) is 1.50. The molecule has 0 heterocycles. The molecule has 0 aromatic heterocycles. The molecule has 0 bridgehead atoms. The number of rotatable bonds is 5. The van der Waals surface area contributed by atoms with Gasteiger partial charge >= 0.3 is 0 Å². The summed E-state index contributed by atoms with van der Waals surface area (Å²) in [5.41, 5.74) is 0.638. The van der Waals surface area contributed by atoms with Gasteiger partial charge in [-0.1, -0.05) is 41.4 Å². The highest BCUT2D eigenvalue weighted by molar-refractivity contribution is 9.09. The third-order valence-corrected chi connectivity index (χ3v) is 3.27. The van der Waals surface area contributed by atoms with Gasteiger partial charge in [-0.15, -0.1) is 0 Å². The molecule has 0 spiro atoms. The van der Waals surface area contributed by atoms with E-state index in [1.54, 1.807) is 24.3 Å². The van der Waals surface area contributed by atoms with Crippen molar-refractivity contribution in [2.45, 2.75) is 25.1 Å². The maximum absolute atomic E-state index is 11.8. The molecule has 1 atom stereocenters. The van der Waals surface area contributed by atoms with Gasteiger partial charge in [0.05, 0.1) is 0 Å². The Balaban J connectivity index is 2.42. The van der Waals surface area contributed by atoms with Gasteiger partial charge < -0.3 is 5.32 Å². The first kappa shape index (κ1) is 14.5. The number of amides is 1. The molecule has 0 radical (unpaired) electrons. The summed E-state index contributed by atoms with van der Waals surface area (Å²) in [5.74, 6) is 0.557. The van der Waals surface area contributed by atoms with Crippen LogP contribution >= 0.6 is 27.5 Å². The van der Waals surface area contributed by atoms with Crippen molar-refractivity contribution in [2.24, 2.45) is 5.92 Å². The van der Waals surface area contributed by atoms with Crippen LogP contribution < -0.4 is 5.32 Å². The van der Waals surface area contributed by atoms with Crippen LogP contribution in [0.5, 0.6) is 0 Å². The Hall–Kier alpha value is -0.540. The van der Waals surface area contributed by atoms with E-state index >= 15 is 0 Å². The molecule has 1 rings (SSSR count). The van der Waals surface area contributed by atoms with E-state index in [0.29, 0.717) is 27.9 Å². The zero-order valence-corrected chi connectivity index (χ0v) is 12.4. The molecular formula is C13H17BrClNO. The van der Waals surface area contributed by atoms with Gasteiger partial charge in [-0.3, -0.25) is 4.79 Å². The monoisotopic (exact) mass is 317 g/mol. The lowest BCUT2D eigenvalue weighted by molar-refractivity contribution is 0.0953. The number of alkyl halides is 1. The van der Waals surface area contributed by atoms with E-state index in [9.17, 15) is 4.79 Å². The minimum Gasteiger partial charge on any atom is -0.351 e. The number of halogens is 2. The average molecular weight is 319 g/mol. The summed E-state index contributed by atoms with van der Waals surface area (Å²) in [6, 6.07) is 6.89. The van der Waals surface area contributed by atoms with Crippen molar-refractivity contribution >= 4 is 33.4 Å². The molecule has 1 aromatic rings. The quantitative estimate of drug-likeness (QED) is 0.820. The summed E-state index contributed by atoms with van der Waals surface area (Å²) < 4.78 is 0. The van der Waals surface area contributed by atoms with Crippen molar-refractivity contribution in [3.8, 4) is 0 Å². The Labute approximate surface area is 116 Å². The molecule has 1 N–H and O–H groups in total. The van der Waals surface area contributed by atoms with Crippen molar-refractivity contribution in [2.75, 3.05) is 6.54 Å². The van der Waals surface area contributed by atoms with Gasteiger partial charge in [-0.25, -0.2) is 0 Å². The van der Waals surface area contributed by atoms with E-state index in [0.717, 1.165) is 6.42 Å². The van der Waals surface area contributed by atoms with Gasteiger partial charge in [-0.2, -0.15) is 0 Å². The molecule has 94 valence electrons. The summed E-state index contributed by atoms with van der Waals surface area (Å²) >= 11 is 9.32. The molecule has 0 fully saturated rings. The largest absolute Gasteiger partial charge is 0.351 e. The minimum atomic E-state index is -0.0603. The predicted molar refractivity (Wildman–Crippen MR) is 76.0 cm³/mol. The van der Waals surface area contributed by atoms with Crippen molar-refractivity contribution in [3.05, 3.63) is 34.9 Å². The maximum atomic E-state index is 11.8. The molecule has 0 saturated heterocycles. The SMILES string of the molecule is CC(C)CC(Br)CNC(=O)c1ccc(Cl)cc1. The number of hydrogen-bond acceptors (Lipinski definition) is 1. The van der Waals surface area contributed by atoms with E-state index in [1.165, 1.54) is 0 Å². The fourth-order valence-corrected chi connectivity index (χ4v) is 2.54. The molecule has 17 heavy (non-hydrogen) atoms. The van der Waals surface area contributed by atoms with E-state index < -0.39 is 0 Å². The number of carbonyl (C=O) groups excluding carboxylic acids is 1. The minimum absolute atomic E-state index is 0.0603. The molecule has 2 nitrogen and oxygen atoms in total. The Bertz CT molecular complexity index is 364. The van der Waals surface area contributed by atoms with Gasteiger partial charge in [0.25, 0.3) is 5.91 Å². The van der Waals surface area contributed by atoms with Crippen LogP contribution in [0.25, 0.3) is 0 Å². The van der Waals surface area contributed by atoms with E-state index in [2.05, 4.69) is 35.1 Å². The average Bonchev–Trinajstić information content (AvgIpc) is 2.26. The van der Waals surface area contributed by atoms with Gasteiger partial charge in [0.1, 0.15) is 0 Å². The summed E-state index contributed by atoms with van der Waals surface area (Å²) in [4.78, 5) is 12.1. The molecule has 1 aromatic carbocycles. The van der Waals surface area contributed by atoms with Crippen molar-refractivity contribution in [1.82, 2.24) is 5.32 Å². The van der Waals surface area contributed by atoms with Crippen molar-refractivity contribution in [3.63, 3.8) is 0 Å². The van der Waals surface area contributed by atoms with E-state index in [1.807, 2.05) is 0 Å². The summed E-state index contributed by atoms with van der Waals surface area (Å²) in [6.45, 7) is 4.96. The normalized spacial score (nSPS) is 12.5. The Kier molecular flexibility index (Phi) is 6.00. The molecule has 1 amide bonds. The Morgan fingerprint density at radius 3 is 2.47 bits per heavy atom. The van der Waals surface area contributed by atoms with Crippen LogP contribution in [0.4, 0.5) is 0 Å². The third-order valence-electron chi connectivity index (χ3n) is 2.32. The summed E-state index contributed by atoms with van der Waals surface area (Å²) in [5, 5.41) is 3.53. The molecule has 0 saturated carbocycles. The Morgan fingerprint density at radius 1 is 1.35 bits per heavy atom. The Morgan fingerprint density at radius 2 is 1.94 bits per heavy atom. The fraction of sp³-hybridized carbons (Fsp3) is 0.462. The number of benzene rings is 1. The lowest BCUT2D eigenvalue weighted by Gasteiger charge is -2.13. The topological polar surface area (TPSA) is 29.1 Å². The lowest BCUT2D eigenvalue weighted by atomic mass is 10.1. The highest BCUT2D eigenvalue weighted by atomic mass is 79.9. The third kappa shape index (κ3) is 5.55. The highest BCUT2D eigenvalue weighted by Gasteiger charge is 2.10. The maximum Gasteiger partial charge on any atom is 0.251 e. The van der Waals surface area contributed by atoms with Gasteiger partial charge in [0, 0.05) is 22.0 Å². The van der Waals surface area contributed by atoms with Crippen LogP contribution in [0.3, 0.4) is 0 Å².